The number of hydrogen-bond acceptors (Lipinski definition) is 3. The van der Waals surface area contributed by atoms with E-state index in [0.29, 0.717) is 4.90 Å². The highest BCUT2D eigenvalue weighted by Crippen LogP contribution is 2.31. The number of rotatable bonds is 2. The van der Waals surface area contributed by atoms with Crippen LogP contribution >= 0.6 is 11.8 Å². The van der Waals surface area contributed by atoms with Crippen molar-refractivity contribution < 1.29 is 8.78 Å². The molecule has 0 amide bonds. The van der Waals surface area contributed by atoms with Gasteiger partial charge in [-0.05, 0) is 24.3 Å². The molecule has 0 radical (unpaired) electrons. The van der Waals surface area contributed by atoms with E-state index >= 15 is 0 Å². The van der Waals surface area contributed by atoms with Crippen LogP contribution in [0.1, 0.15) is 5.69 Å². The molecule has 1 aromatic heterocycles. The van der Waals surface area contributed by atoms with Crippen LogP contribution in [0.2, 0.25) is 0 Å². The first-order valence-corrected chi connectivity index (χ1v) is 5.50. The highest BCUT2D eigenvalue weighted by molar-refractivity contribution is 7.99. The van der Waals surface area contributed by atoms with Crippen molar-refractivity contribution >= 4 is 11.8 Å². The lowest BCUT2D eigenvalue weighted by atomic mass is 10.3. The maximum absolute atomic E-state index is 13.4. The molecule has 2 nitrogen and oxygen atoms in total. The van der Waals surface area contributed by atoms with Crippen LogP contribution in [0, 0.1) is 23.0 Å². The van der Waals surface area contributed by atoms with Gasteiger partial charge in [-0.3, -0.25) is 0 Å². The molecule has 0 unspecified atom stereocenters. The summed E-state index contributed by atoms with van der Waals surface area (Å²) in [6.07, 6.45) is 1.49. The molecule has 1 heterocycles. The Morgan fingerprint density at radius 3 is 2.71 bits per heavy atom. The molecule has 0 aliphatic heterocycles. The van der Waals surface area contributed by atoms with Gasteiger partial charge < -0.3 is 0 Å². The maximum atomic E-state index is 13.4. The van der Waals surface area contributed by atoms with E-state index in [-0.39, 0.29) is 10.6 Å². The fraction of sp³-hybridized carbons (Fsp3) is 0. The number of pyridine rings is 1. The molecule has 0 saturated heterocycles. The third kappa shape index (κ3) is 2.60. The van der Waals surface area contributed by atoms with E-state index in [0.717, 1.165) is 17.8 Å². The number of benzene rings is 1. The van der Waals surface area contributed by atoms with E-state index in [1.165, 1.54) is 18.3 Å². The molecule has 0 fully saturated rings. The number of nitrogens with zero attached hydrogens (tertiary/aromatic N) is 2. The second-order valence-electron chi connectivity index (χ2n) is 3.14. The second kappa shape index (κ2) is 4.93. The Kier molecular flexibility index (Phi) is 3.35. The Morgan fingerprint density at radius 2 is 2.00 bits per heavy atom. The Labute approximate surface area is 101 Å². The van der Waals surface area contributed by atoms with E-state index in [9.17, 15) is 8.78 Å². The van der Waals surface area contributed by atoms with E-state index in [4.69, 9.17) is 5.26 Å². The topological polar surface area (TPSA) is 36.7 Å². The van der Waals surface area contributed by atoms with Crippen LogP contribution in [0.3, 0.4) is 0 Å². The summed E-state index contributed by atoms with van der Waals surface area (Å²) in [7, 11) is 0. The van der Waals surface area contributed by atoms with Crippen molar-refractivity contribution in [3.05, 3.63) is 53.9 Å². The average Bonchev–Trinajstić information content (AvgIpc) is 2.33. The largest absolute Gasteiger partial charge is 0.244 e. The zero-order chi connectivity index (χ0) is 12.3. The fourth-order valence-electron chi connectivity index (χ4n) is 1.23. The molecule has 0 saturated carbocycles. The van der Waals surface area contributed by atoms with E-state index in [2.05, 4.69) is 4.98 Å². The lowest BCUT2D eigenvalue weighted by Crippen LogP contribution is -1.88. The van der Waals surface area contributed by atoms with E-state index in [1.807, 2.05) is 6.07 Å². The molecule has 0 spiro atoms. The van der Waals surface area contributed by atoms with Crippen LogP contribution in [-0.2, 0) is 0 Å². The van der Waals surface area contributed by atoms with Crippen LogP contribution in [-0.4, -0.2) is 4.98 Å². The average molecular weight is 248 g/mol. The van der Waals surface area contributed by atoms with Gasteiger partial charge in [0.05, 0.1) is 0 Å². The van der Waals surface area contributed by atoms with E-state index < -0.39 is 11.6 Å². The van der Waals surface area contributed by atoms with Crippen LogP contribution < -0.4 is 0 Å². The summed E-state index contributed by atoms with van der Waals surface area (Å²) >= 11 is 1.05. The summed E-state index contributed by atoms with van der Waals surface area (Å²) in [6.45, 7) is 0. The number of halogens is 2. The first kappa shape index (κ1) is 11.6. The number of hydrogen-bond donors (Lipinski definition) is 0. The molecule has 2 rings (SSSR count). The van der Waals surface area contributed by atoms with Crippen molar-refractivity contribution in [2.45, 2.75) is 9.79 Å². The van der Waals surface area contributed by atoms with Crippen molar-refractivity contribution in [3.8, 4) is 6.07 Å². The Hall–Kier alpha value is -1.93. The Balaban J connectivity index is 2.35. The summed E-state index contributed by atoms with van der Waals surface area (Å²) in [5.41, 5.74) is 0.223. The van der Waals surface area contributed by atoms with E-state index in [1.54, 1.807) is 12.1 Å². The molecule has 0 aliphatic carbocycles. The molecular weight excluding hydrogens is 242 g/mol. The predicted molar refractivity (Wildman–Crippen MR) is 59.4 cm³/mol. The number of nitriles is 1. The van der Waals surface area contributed by atoms with Crippen molar-refractivity contribution in [1.82, 2.24) is 4.98 Å². The standard InChI is InChI=1S/C12H6F2N2S/c13-8-3-4-11(9(14)6-8)17-12-2-1-5-16-10(12)7-15/h1-6H. The molecule has 0 N–H and O–H groups in total. The smallest absolute Gasteiger partial charge is 0.154 e. The van der Waals surface area contributed by atoms with Crippen LogP contribution in [0.15, 0.2) is 46.3 Å². The molecule has 84 valence electrons. The summed E-state index contributed by atoms with van der Waals surface area (Å²) in [4.78, 5) is 4.66. The minimum atomic E-state index is -0.650. The summed E-state index contributed by atoms with van der Waals surface area (Å²) in [5.74, 6) is -1.28. The molecule has 0 atom stereocenters. The predicted octanol–water partition coefficient (Wildman–Crippen LogP) is 3.38. The number of aromatic nitrogens is 1. The molecule has 5 heteroatoms. The molecule has 2 aromatic rings. The monoisotopic (exact) mass is 248 g/mol. The maximum Gasteiger partial charge on any atom is 0.154 e. The molecule has 1 aromatic carbocycles. The zero-order valence-electron chi connectivity index (χ0n) is 8.52. The first-order valence-electron chi connectivity index (χ1n) is 4.69. The van der Waals surface area contributed by atoms with Crippen molar-refractivity contribution in [3.63, 3.8) is 0 Å². The SMILES string of the molecule is N#Cc1ncccc1Sc1ccc(F)cc1F. The van der Waals surface area contributed by atoms with Gasteiger partial charge in [-0.15, -0.1) is 0 Å². The minimum absolute atomic E-state index is 0.223. The summed E-state index contributed by atoms with van der Waals surface area (Å²) in [6, 6.07) is 8.56. The third-order valence-electron chi connectivity index (χ3n) is 1.99. The second-order valence-corrected chi connectivity index (χ2v) is 4.22. The van der Waals surface area contributed by atoms with Gasteiger partial charge in [0.25, 0.3) is 0 Å². The Bertz CT molecular complexity index is 593. The van der Waals surface area contributed by atoms with Crippen LogP contribution in [0.4, 0.5) is 8.78 Å². The third-order valence-corrected chi connectivity index (χ3v) is 3.09. The van der Waals surface area contributed by atoms with Crippen molar-refractivity contribution in [1.29, 1.82) is 5.26 Å². The fourth-order valence-corrected chi connectivity index (χ4v) is 2.10. The highest BCUT2D eigenvalue weighted by atomic mass is 32.2. The highest BCUT2D eigenvalue weighted by Gasteiger charge is 2.09. The van der Waals surface area contributed by atoms with Gasteiger partial charge in [0, 0.05) is 22.1 Å². The van der Waals surface area contributed by atoms with Gasteiger partial charge in [-0.1, -0.05) is 11.8 Å². The van der Waals surface area contributed by atoms with Gasteiger partial charge >= 0.3 is 0 Å². The molecular formula is C12H6F2N2S. The molecule has 0 bridgehead atoms. The lowest BCUT2D eigenvalue weighted by molar-refractivity contribution is 0.565. The van der Waals surface area contributed by atoms with Crippen LogP contribution in [0.25, 0.3) is 0 Å². The van der Waals surface area contributed by atoms with Crippen LogP contribution in [0.5, 0.6) is 0 Å². The van der Waals surface area contributed by atoms with Crippen molar-refractivity contribution in [2.75, 3.05) is 0 Å². The van der Waals surface area contributed by atoms with Gasteiger partial charge in [0.2, 0.25) is 0 Å². The minimum Gasteiger partial charge on any atom is -0.244 e. The lowest BCUT2D eigenvalue weighted by Gasteiger charge is -2.04. The first-order chi connectivity index (χ1) is 8.20. The normalized spacial score (nSPS) is 9.94. The summed E-state index contributed by atoms with van der Waals surface area (Å²) < 4.78 is 26.1. The van der Waals surface area contributed by atoms with Gasteiger partial charge in [-0.2, -0.15) is 5.26 Å². The summed E-state index contributed by atoms with van der Waals surface area (Å²) in [5, 5.41) is 8.83. The molecule has 17 heavy (non-hydrogen) atoms. The van der Waals surface area contributed by atoms with Crippen molar-refractivity contribution in [2.24, 2.45) is 0 Å². The van der Waals surface area contributed by atoms with Gasteiger partial charge in [0.15, 0.2) is 5.69 Å². The molecule has 0 aliphatic rings. The Morgan fingerprint density at radius 1 is 1.18 bits per heavy atom. The zero-order valence-corrected chi connectivity index (χ0v) is 9.34. The van der Waals surface area contributed by atoms with Gasteiger partial charge in [0.1, 0.15) is 17.7 Å². The quantitative estimate of drug-likeness (QED) is 0.817. The van der Waals surface area contributed by atoms with Gasteiger partial charge in [-0.25, -0.2) is 13.8 Å².